The number of piperazine rings is 1. The van der Waals surface area contributed by atoms with Crippen molar-refractivity contribution in [3.05, 3.63) is 41.5 Å². The van der Waals surface area contributed by atoms with Gasteiger partial charge in [0.1, 0.15) is 16.5 Å². The first-order valence-electron chi connectivity index (χ1n) is 8.29. The molecule has 27 heavy (non-hydrogen) atoms. The highest BCUT2D eigenvalue weighted by Gasteiger charge is 2.32. The van der Waals surface area contributed by atoms with Crippen molar-refractivity contribution in [1.82, 2.24) is 19.3 Å². The zero-order valence-electron chi connectivity index (χ0n) is 14.6. The Kier molecular flexibility index (Phi) is 5.51. The number of hydrogen-bond donors (Lipinski definition) is 0. The molecule has 1 amide bonds. The van der Waals surface area contributed by atoms with E-state index in [1.807, 2.05) is 0 Å². The number of sulfonamides is 1. The normalized spacial score (nSPS) is 15.9. The summed E-state index contributed by atoms with van der Waals surface area (Å²) in [7, 11) is -4.09. The number of hydrogen-bond acceptors (Lipinski definition) is 6. The average Bonchev–Trinajstić information content (AvgIpc) is 3.05. The molecule has 0 bridgehead atoms. The molecule has 0 unspecified atom stereocenters. The van der Waals surface area contributed by atoms with Gasteiger partial charge < -0.3 is 9.42 Å². The van der Waals surface area contributed by atoms with E-state index in [1.165, 1.54) is 4.90 Å². The van der Waals surface area contributed by atoms with Gasteiger partial charge in [-0.15, -0.1) is 0 Å². The maximum Gasteiger partial charge on any atom is 0.246 e. The standard InChI is InChI=1S/C16H18F2N4O4S/c1-11-19-15(26-20-11)4-5-16(23)21-6-8-22(9-7-21)27(24,25)14-3-2-12(17)10-13(14)18/h2-3,10H,4-9H2,1H3. The van der Waals surface area contributed by atoms with Crippen molar-refractivity contribution in [2.45, 2.75) is 24.7 Å². The van der Waals surface area contributed by atoms with Crippen molar-refractivity contribution in [2.75, 3.05) is 26.2 Å². The topological polar surface area (TPSA) is 96.6 Å². The molecule has 0 atom stereocenters. The average molecular weight is 400 g/mol. The van der Waals surface area contributed by atoms with Crippen molar-refractivity contribution in [3.63, 3.8) is 0 Å². The largest absolute Gasteiger partial charge is 0.340 e. The van der Waals surface area contributed by atoms with Crippen molar-refractivity contribution in [2.24, 2.45) is 0 Å². The van der Waals surface area contributed by atoms with Crippen LogP contribution in [-0.4, -0.2) is 59.8 Å². The monoisotopic (exact) mass is 400 g/mol. The van der Waals surface area contributed by atoms with Gasteiger partial charge >= 0.3 is 0 Å². The number of aromatic nitrogens is 2. The highest BCUT2D eigenvalue weighted by molar-refractivity contribution is 7.89. The van der Waals surface area contributed by atoms with E-state index >= 15 is 0 Å². The van der Waals surface area contributed by atoms with Crippen LogP contribution in [0.3, 0.4) is 0 Å². The molecule has 0 spiro atoms. The highest BCUT2D eigenvalue weighted by atomic mass is 32.2. The van der Waals surface area contributed by atoms with Crippen LogP contribution in [0.25, 0.3) is 0 Å². The van der Waals surface area contributed by atoms with Crippen LogP contribution < -0.4 is 0 Å². The minimum absolute atomic E-state index is 0.0323. The van der Waals surface area contributed by atoms with Gasteiger partial charge in [-0.2, -0.15) is 9.29 Å². The van der Waals surface area contributed by atoms with E-state index in [4.69, 9.17) is 4.52 Å². The lowest BCUT2D eigenvalue weighted by Gasteiger charge is -2.34. The Morgan fingerprint density at radius 1 is 1.22 bits per heavy atom. The Morgan fingerprint density at radius 2 is 1.93 bits per heavy atom. The fraction of sp³-hybridized carbons (Fsp3) is 0.438. The number of rotatable bonds is 5. The van der Waals surface area contributed by atoms with E-state index in [9.17, 15) is 22.0 Å². The van der Waals surface area contributed by atoms with Gasteiger partial charge in [0, 0.05) is 45.1 Å². The molecule has 0 N–H and O–H groups in total. The van der Waals surface area contributed by atoms with Gasteiger partial charge in [-0.3, -0.25) is 4.79 Å². The second-order valence-electron chi connectivity index (χ2n) is 6.09. The Labute approximate surface area is 154 Å². The lowest BCUT2D eigenvalue weighted by Crippen LogP contribution is -2.50. The Bertz CT molecular complexity index is 940. The molecule has 11 heteroatoms. The Hall–Kier alpha value is -2.40. The maximum atomic E-state index is 13.8. The fourth-order valence-electron chi connectivity index (χ4n) is 2.81. The quantitative estimate of drug-likeness (QED) is 0.746. The summed E-state index contributed by atoms with van der Waals surface area (Å²) in [6, 6.07) is 2.34. The third-order valence-electron chi connectivity index (χ3n) is 4.23. The first-order valence-corrected chi connectivity index (χ1v) is 9.73. The summed E-state index contributed by atoms with van der Waals surface area (Å²) in [6.45, 7) is 2.11. The predicted octanol–water partition coefficient (Wildman–Crippen LogP) is 1.12. The van der Waals surface area contributed by atoms with Gasteiger partial charge in [0.15, 0.2) is 5.82 Å². The first kappa shape index (κ1) is 19.4. The van der Waals surface area contributed by atoms with Crippen molar-refractivity contribution in [1.29, 1.82) is 0 Å². The number of amides is 1. The zero-order chi connectivity index (χ0) is 19.6. The minimum atomic E-state index is -4.09. The van der Waals surface area contributed by atoms with E-state index in [0.29, 0.717) is 24.2 Å². The zero-order valence-corrected chi connectivity index (χ0v) is 15.4. The number of halogens is 2. The van der Waals surface area contributed by atoms with Crippen molar-refractivity contribution < 1.29 is 26.5 Å². The second kappa shape index (κ2) is 7.69. The molecule has 1 aliphatic heterocycles. The maximum absolute atomic E-state index is 13.8. The molecule has 2 heterocycles. The minimum Gasteiger partial charge on any atom is -0.340 e. The smallest absolute Gasteiger partial charge is 0.246 e. The van der Waals surface area contributed by atoms with E-state index in [-0.39, 0.29) is 38.5 Å². The SMILES string of the molecule is Cc1noc(CCC(=O)N2CCN(S(=O)(=O)c3ccc(F)cc3F)CC2)n1. The molecular formula is C16H18F2N4O4S. The third-order valence-corrected chi connectivity index (χ3v) is 6.16. The van der Waals surface area contributed by atoms with Gasteiger partial charge in [-0.05, 0) is 19.1 Å². The van der Waals surface area contributed by atoms with Gasteiger partial charge in [0.25, 0.3) is 0 Å². The van der Waals surface area contributed by atoms with Crippen LogP contribution in [0.1, 0.15) is 18.1 Å². The number of carbonyl (C=O) groups is 1. The molecule has 0 saturated carbocycles. The third kappa shape index (κ3) is 4.30. The van der Waals surface area contributed by atoms with Gasteiger partial charge in [0.05, 0.1) is 0 Å². The summed E-state index contributed by atoms with van der Waals surface area (Å²) in [5.41, 5.74) is 0. The van der Waals surface area contributed by atoms with Gasteiger partial charge in [-0.1, -0.05) is 5.16 Å². The Morgan fingerprint density at radius 3 is 2.52 bits per heavy atom. The highest BCUT2D eigenvalue weighted by Crippen LogP contribution is 2.21. The summed E-state index contributed by atoms with van der Waals surface area (Å²) in [5.74, 6) is -1.28. The van der Waals surface area contributed by atoms with E-state index in [1.54, 1.807) is 6.92 Å². The predicted molar refractivity (Wildman–Crippen MR) is 89.1 cm³/mol. The van der Waals surface area contributed by atoms with Crippen LogP contribution in [-0.2, 0) is 21.2 Å². The van der Waals surface area contributed by atoms with E-state index in [2.05, 4.69) is 10.1 Å². The van der Waals surface area contributed by atoms with Crippen LogP contribution in [0.15, 0.2) is 27.6 Å². The van der Waals surface area contributed by atoms with Gasteiger partial charge in [0.2, 0.25) is 21.8 Å². The molecule has 146 valence electrons. The van der Waals surface area contributed by atoms with Crippen LogP contribution in [0.2, 0.25) is 0 Å². The van der Waals surface area contributed by atoms with Crippen molar-refractivity contribution in [3.8, 4) is 0 Å². The van der Waals surface area contributed by atoms with Crippen LogP contribution in [0.5, 0.6) is 0 Å². The van der Waals surface area contributed by atoms with Crippen molar-refractivity contribution >= 4 is 15.9 Å². The molecule has 0 radical (unpaired) electrons. The number of nitrogens with zero attached hydrogens (tertiary/aromatic N) is 4. The molecule has 1 aliphatic rings. The van der Waals surface area contributed by atoms with Crippen LogP contribution in [0, 0.1) is 18.6 Å². The van der Waals surface area contributed by atoms with Crippen LogP contribution in [0.4, 0.5) is 8.78 Å². The van der Waals surface area contributed by atoms with E-state index in [0.717, 1.165) is 16.4 Å². The number of benzene rings is 1. The summed E-state index contributed by atoms with van der Waals surface area (Å²) in [5, 5.41) is 3.65. The molecular weight excluding hydrogens is 382 g/mol. The molecule has 1 aromatic carbocycles. The summed E-state index contributed by atoms with van der Waals surface area (Å²) >= 11 is 0. The lowest BCUT2D eigenvalue weighted by molar-refractivity contribution is -0.132. The molecule has 1 saturated heterocycles. The molecule has 1 fully saturated rings. The Balaban J connectivity index is 1.58. The summed E-state index contributed by atoms with van der Waals surface area (Å²) in [6.07, 6.45) is 0.472. The summed E-state index contributed by atoms with van der Waals surface area (Å²) < 4.78 is 58.0. The summed E-state index contributed by atoms with van der Waals surface area (Å²) in [4.78, 5) is 17.2. The van der Waals surface area contributed by atoms with E-state index < -0.39 is 26.6 Å². The molecule has 0 aliphatic carbocycles. The van der Waals surface area contributed by atoms with Crippen LogP contribution >= 0.6 is 0 Å². The second-order valence-corrected chi connectivity index (χ2v) is 8.00. The molecule has 8 nitrogen and oxygen atoms in total. The number of aryl methyl sites for hydroxylation is 2. The first-order chi connectivity index (χ1) is 12.8. The molecule has 2 aromatic rings. The fourth-order valence-corrected chi connectivity index (χ4v) is 4.28. The number of carbonyl (C=O) groups excluding carboxylic acids is 1. The molecule has 1 aromatic heterocycles. The van der Waals surface area contributed by atoms with Gasteiger partial charge in [-0.25, -0.2) is 17.2 Å². The lowest BCUT2D eigenvalue weighted by atomic mass is 10.2. The molecule has 3 rings (SSSR count).